The number of carbonyl (C=O) groups excluding carboxylic acids is 3. The zero-order chi connectivity index (χ0) is 18.6. The van der Waals surface area contributed by atoms with Crippen LogP contribution in [0.15, 0.2) is 18.2 Å². The minimum atomic E-state index is -0.332. The number of halogens is 1. The van der Waals surface area contributed by atoms with E-state index < -0.39 is 0 Å². The summed E-state index contributed by atoms with van der Waals surface area (Å²) in [6.07, 6.45) is 0. The number of fused-ring (bicyclic) bond motifs is 1. The molecule has 1 aliphatic rings. The van der Waals surface area contributed by atoms with Crippen LogP contribution in [0, 0.1) is 0 Å². The first kappa shape index (κ1) is 19.1. The van der Waals surface area contributed by atoms with Gasteiger partial charge in [0, 0.05) is 25.2 Å². The highest BCUT2D eigenvalue weighted by atomic mass is 35.5. The Labute approximate surface area is 152 Å². The van der Waals surface area contributed by atoms with Crippen molar-refractivity contribution in [2.24, 2.45) is 0 Å². The maximum Gasteiger partial charge on any atom is 0.265 e. The topological polar surface area (TPSA) is 70.2 Å². The van der Waals surface area contributed by atoms with Gasteiger partial charge in [-0.05, 0) is 32.0 Å². The quantitative estimate of drug-likeness (QED) is 0.762. The maximum atomic E-state index is 12.5. The highest BCUT2D eigenvalue weighted by Gasteiger charge is 2.29. The first-order chi connectivity index (χ1) is 11.9. The fourth-order valence-electron chi connectivity index (χ4n) is 2.57. The Morgan fingerprint density at radius 3 is 2.56 bits per heavy atom. The summed E-state index contributed by atoms with van der Waals surface area (Å²) < 4.78 is 5.35. The van der Waals surface area contributed by atoms with Gasteiger partial charge in [-0.1, -0.05) is 11.6 Å². The number of anilines is 1. The van der Waals surface area contributed by atoms with E-state index in [1.807, 2.05) is 13.8 Å². The lowest BCUT2D eigenvalue weighted by Crippen LogP contribution is -2.48. The molecule has 0 N–H and O–H groups in total. The fraction of sp³-hybridized carbons (Fsp3) is 0.471. The van der Waals surface area contributed by atoms with Crippen molar-refractivity contribution in [3.8, 4) is 5.75 Å². The van der Waals surface area contributed by atoms with Crippen LogP contribution in [0.3, 0.4) is 0 Å². The second kappa shape index (κ2) is 8.20. The van der Waals surface area contributed by atoms with Gasteiger partial charge in [0.2, 0.25) is 11.8 Å². The molecular formula is C17H22ClN3O4. The highest BCUT2D eigenvalue weighted by Crippen LogP contribution is 2.34. The summed E-state index contributed by atoms with van der Waals surface area (Å²) in [6.45, 7) is 4.62. The van der Waals surface area contributed by atoms with Crippen LogP contribution in [0.25, 0.3) is 0 Å². The summed E-state index contributed by atoms with van der Waals surface area (Å²) in [6, 6.07) is 4.91. The molecule has 1 aromatic rings. The van der Waals surface area contributed by atoms with Crippen LogP contribution >= 0.6 is 11.6 Å². The van der Waals surface area contributed by atoms with E-state index >= 15 is 0 Å². The number of ether oxygens (including phenoxy) is 1. The van der Waals surface area contributed by atoms with Crippen molar-refractivity contribution >= 4 is 35.0 Å². The van der Waals surface area contributed by atoms with Crippen LogP contribution in [-0.4, -0.2) is 67.4 Å². The molecule has 25 heavy (non-hydrogen) atoms. The molecule has 3 amide bonds. The molecule has 136 valence electrons. The van der Waals surface area contributed by atoms with Gasteiger partial charge in [0.25, 0.3) is 5.91 Å². The number of rotatable bonds is 6. The number of hydrogen-bond donors (Lipinski definition) is 0. The Morgan fingerprint density at radius 1 is 1.24 bits per heavy atom. The molecule has 0 saturated carbocycles. The Morgan fingerprint density at radius 2 is 1.92 bits per heavy atom. The molecule has 0 spiro atoms. The molecule has 1 heterocycles. The molecule has 2 rings (SSSR count). The average molecular weight is 368 g/mol. The van der Waals surface area contributed by atoms with Gasteiger partial charge in [-0.15, -0.1) is 0 Å². The van der Waals surface area contributed by atoms with Crippen molar-refractivity contribution in [1.82, 2.24) is 9.80 Å². The van der Waals surface area contributed by atoms with Gasteiger partial charge in [-0.2, -0.15) is 0 Å². The lowest BCUT2D eigenvalue weighted by Gasteiger charge is -2.30. The van der Waals surface area contributed by atoms with E-state index in [-0.39, 0.29) is 37.4 Å². The van der Waals surface area contributed by atoms with Crippen molar-refractivity contribution in [2.75, 3.05) is 44.7 Å². The Kier molecular flexibility index (Phi) is 6.25. The van der Waals surface area contributed by atoms with E-state index in [2.05, 4.69) is 0 Å². The minimum Gasteiger partial charge on any atom is -0.482 e. The van der Waals surface area contributed by atoms with Gasteiger partial charge < -0.3 is 14.5 Å². The molecule has 0 atom stereocenters. The van der Waals surface area contributed by atoms with Crippen molar-refractivity contribution < 1.29 is 19.1 Å². The van der Waals surface area contributed by atoms with E-state index in [9.17, 15) is 14.4 Å². The molecule has 8 heteroatoms. The van der Waals surface area contributed by atoms with Crippen LogP contribution in [0.1, 0.15) is 13.8 Å². The molecule has 0 unspecified atom stereocenters. The third-order valence-electron chi connectivity index (χ3n) is 4.07. The molecule has 0 aliphatic carbocycles. The summed E-state index contributed by atoms with van der Waals surface area (Å²) in [5, 5.41) is 0.444. The number of likely N-dealkylation sites (N-methyl/N-ethyl adjacent to an activating group) is 2. The molecule has 0 saturated heterocycles. The van der Waals surface area contributed by atoms with Crippen LogP contribution in [-0.2, 0) is 14.4 Å². The first-order valence-corrected chi connectivity index (χ1v) is 8.49. The second-order valence-electron chi connectivity index (χ2n) is 5.70. The molecule has 7 nitrogen and oxygen atoms in total. The van der Waals surface area contributed by atoms with Crippen molar-refractivity contribution in [3.05, 3.63) is 23.2 Å². The highest BCUT2D eigenvalue weighted by molar-refractivity contribution is 6.31. The maximum absolute atomic E-state index is 12.5. The molecule has 0 fully saturated rings. The normalized spacial score (nSPS) is 13.1. The van der Waals surface area contributed by atoms with Crippen molar-refractivity contribution in [2.45, 2.75) is 13.8 Å². The molecule has 0 bridgehead atoms. The standard InChI is InChI=1S/C17H22ClN3O4/c1-4-20(5-2)16(23)9-19(3)15(22)10-21-13-8-12(18)6-7-14(13)25-11-17(21)24/h6-8H,4-5,9-11H2,1-3H3. The van der Waals surface area contributed by atoms with Gasteiger partial charge in [0.05, 0.1) is 12.2 Å². The van der Waals surface area contributed by atoms with Crippen molar-refractivity contribution in [3.63, 3.8) is 0 Å². The summed E-state index contributed by atoms with van der Waals surface area (Å²) in [4.78, 5) is 41.1. The number of amides is 3. The Bertz CT molecular complexity index is 676. The predicted octanol–water partition coefficient (Wildman–Crippen LogP) is 1.39. The number of hydrogen-bond acceptors (Lipinski definition) is 4. The van der Waals surface area contributed by atoms with Gasteiger partial charge in [0.1, 0.15) is 12.3 Å². The smallest absolute Gasteiger partial charge is 0.265 e. The van der Waals surface area contributed by atoms with E-state index in [1.165, 1.54) is 9.80 Å². The van der Waals surface area contributed by atoms with Gasteiger partial charge >= 0.3 is 0 Å². The fourth-order valence-corrected chi connectivity index (χ4v) is 2.74. The van der Waals surface area contributed by atoms with E-state index in [0.717, 1.165) is 0 Å². The third-order valence-corrected chi connectivity index (χ3v) is 4.31. The van der Waals surface area contributed by atoms with E-state index in [4.69, 9.17) is 16.3 Å². The van der Waals surface area contributed by atoms with Gasteiger partial charge in [-0.3, -0.25) is 19.3 Å². The molecule has 0 radical (unpaired) electrons. The molecular weight excluding hydrogens is 346 g/mol. The van der Waals surface area contributed by atoms with Crippen LogP contribution < -0.4 is 9.64 Å². The zero-order valence-electron chi connectivity index (χ0n) is 14.6. The number of nitrogens with zero attached hydrogens (tertiary/aromatic N) is 3. The van der Waals surface area contributed by atoms with E-state index in [0.29, 0.717) is 29.5 Å². The van der Waals surface area contributed by atoms with Crippen LogP contribution in [0.2, 0.25) is 5.02 Å². The number of carbonyl (C=O) groups is 3. The minimum absolute atomic E-state index is 0.0263. The lowest BCUT2D eigenvalue weighted by molar-refractivity contribution is -0.138. The SMILES string of the molecule is CCN(CC)C(=O)CN(C)C(=O)CN1C(=O)COc2ccc(Cl)cc21. The molecule has 1 aliphatic heterocycles. The summed E-state index contributed by atoms with van der Waals surface area (Å²) in [5.74, 6) is -0.287. The molecule has 1 aromatic carbocycles. The lowest BCUT2D eigenvalue weighted by atomic mass is 10.2. The summed E-state index contributed by atoms with van der Waals surface area (Å²) in [7, 11) is 1.55. The predicted molar refractivity (Wildman–Crippen MR) is 94.9 cm³/mol. The van der Waals surface area contributed by atoms with E-state index in [1.54, 1.807) is 30.1 Å². The monoisotopic (exact) mass is 367 g/mol. The second-order valence-corrected chi connectivity index (χ2v) is 6.13. The van der Waals surface area contributed by atoms with Gasteiger partial charge in [-0.25, -0.2) is 0 Å². The van der Waals surface area contributed by atoms with Gasteiger partial charge in [0.15, 0.2) is 6.61 Å². The number of benzene rings is 1. The molecule has 0 aromatic heterocycles. The van der Waals surface area contributed by atoms with Crippen molar-refractivity contribution in [1.29, 1.82) is 0 Å². The third kappa shape index (κ3) is 4.42. The van der Waals surface area contributed by atoms with Crippen LogP contribution in [0.4, 0.5) is 5.69 Å². The summed E-state index contributed by atoms with van der Waals surface area (Å²) >= 11 is 5.99. The first-order valence-electron chi connectivity index (χ1n) is 8.11. The Hall–Kier alpha value is -2.28. The largest absolute Gasteiger partial charge is 0.482 e. The average Bonchev–Trinajstić information content (AvgIpc) is 2.58. The Balaban J connectivity index is 2.08. The van der Waals surface area contributed by atoms with Crippen LogP contribution in [0.5, 0.6) is 5.75 Å². The summed E-state index contributed by atoms with van der Waals surface area (Å²) in [5.41, 5.74) is 0.459. The zero-order valence-corrected chi connectivity index (χ0v) is 15.4.